The predicted molar refractivity (Wildman–Crippen MR) is 55.7 cm³/mol. The number of rotatable bonds is 7. The molecule has 0 heterocycles. The summed E-state index contributed by atoms with van der Waals surface area (Å²) in [5.41, 5.74) is 0. The van der Waals surface area contributed by atoms with E-state index >= 15 is 0 Å². The molecule has 1 unspecified atom stereocenters. The molecule has 78 valence electrons. The molecule has 1 aliphatic carbocycles. The van der Waals surface area contributed by atoms with E-state index in [0.29, 0.717) is 12.5 Å². The van der Waals surface area contributed by atoms with Crippen molar-refractivity contribution in [2.24, 2.45) is 11.8 Å². The van der Waals surface area contributed by atoms with Crippen LogP contribution < -0.4 is 0 Å². The molecule has 2 heteroatoms. The highest BCUT2D eigenvalue weighted by Gasteiger charge is 2.24. The Morgan fingerprint density at radius 2 is 2.15 bits per heavy atom. The van der Waals surface area contributed by atoms with Gasteiger partial charge in [0.1, 0.15) is 0 Å². The predicted octanol–water partition coefficient (Wildman–Crippen LogP) is 1.74. The topological polar surface area (TPSA) is 23.5 Å². The number of aliphatic hydroxyl groups is 1. The Kier molecular flexibility index (Phi) is 4.74. The van der Waals surface area contributed by atoms with Crippen molar-refractivity contribution in [3.8, 4) is 0 Å². The summed E-state index contributed by atoms with van der Waals surface area (Å²) in [6, 6.07) is 0. The van der Waals surface area contributed by atoms with Crippen molar-refractivity contribution in [1.82, 2.24) is 4.90 Å². The fourth-order valence-electron chi connectivity index (χ4n) is 1.74. The molecule has 0 aromatic carbocycles. The molecule has 1 fully saturated rings. The molecule has 0 spiro atoms. The minimum Gasteiger partial charge on any atom is -0.396 e. The maximum atomic E-state index is 8.97. The lowest BCUT2D eigenvalue weighted by Crippen LogP contribution is -2.32. The van der Waals surface area contributed by atoms with E-state index in [4.69, 9.17) is 5.11 Å². The average Bonchev–Trinajstić information content (AvgIpc) is 2.88. The van der Waals surface area contributed by atoms with Gasteiger partial charge in [0.05, 0.1) is 0 Å². The lowest BCUT2D eigenvalue weighted by atomic mass is 10.1. The second-order valence-electron chi connectivity index (χ2n) is 4.49. The molecule has 0 saturated heterocycles. The lowest BCUT2D eigenvalue weighted by molar-refractivity contribution is 0.169. The standard InChI is InChI=1S/C11H23NO/c1-3-6-12(7-10(2)9-13)8-11-4-5-11/h10-11,13H,3-9H2,1-2H3. The molecular weight excluding hydrogens is 162 g/mol. The maximum Gasteiger partial charge on any atom is 0.0468 e. The second-order valence-corrected chi connectivity index (χ2v) is 4.49. The van der Waals surface area contributed by atoms with Crippen molar-refractivity contribution in [1.29, 1.82) is 0 Å². The van der Waals surface area contributed by atoms with Gasteiger partial charge in [-0.1, -0.05) is 13.8 Å². The van der Waals surface area contributed by atoms with Gasteiger partial charge in [0.2, 0.25) is 0 Å². The van der Waals surface area contributed by atoms with Crippen LogP contribution in [0.3, 0.4) is 0 Å². The third kappa shape index (κ3) is 4.63. The lowest BCUT2D eigenvalue weighted by Gasteiger charge is -2.24. The highest BCUT2D eigenvalue weighted by Crippen LogP contribution is 2.29. The second kappa shape index (κ2) is 5.61. The van der Waals surface area contributed by atoms with Gasteiger partial charge in [-0.15, -0.1) is 0 Å². The molecule has 2 nitrogen and oxygen atoms in total. The minimum atomic E-state index is 0.324. The molecule has 0 bridgehead atoms. The molecule has 13 heavy (non-hydrogen) atoms. The first-order valence-electron chi connectivity index (χ1n) is 5.59. The highest BCUT2D eigenvalue weighted by atomic mass is 16.3. The SMILES string of the molecule is CCCN(CC(C)CO)CC1CC1. The van der Waals surface area contributed by atoms with E-state index < -0.39 is 0 Å². The van der Waals surface area contributed by atoms with Gasteiger partial charge in [0.25, 0.3) is 0 Å². The number of hydrogen-bond acceptors (Lipinski definition) is 2. The summed E-state index contributed by atoms with van der Waals surface area (Å²) in [5.74, 6) is 1.41. The van der Waals surface area contributed by atoms with E-state index in [2.05, 4.69) is 18.7 Å². The van der Waals surface area contributed by atoms with Gasteiger partial charge in [-0.2, -0.15) is 0 Å². The molecule has 0 aromatic rings. The first kappa shape index (κ1) is 11.0. The van der Waals surface area contributed by atoms with E-state index in [0.717, 1.165) is 12.5 Å². The molecule has 1 N–H and O–H groups in total. The van der Waals surface area contributed by atoms with Crippen molar-refractivity contribution in [3.05, 3.63) is 0 Å². The molecule has 0 aliphatic heterocycles. The van der Waals surface area contributed by atoms with E-state index in [1.807, 2.05) is 0 Å². The molecule has 0 amide bonds. The third-order valence-electron chi connectivity index (χ3n) is 2.63. The van der Waals surface area contributed by atoms with Gasteiger partial charge in [-0.25, -0.2) is 0 Å². The van der Waals surface area contributed by atoms with Gasteiger partial charge in [-0.05, 0) is 37.6 Å². The van der Waals surface area contributed by atoms with Crippen LogP contribution >= 0.6 is 0 Å². The quantitative estimate of drug-likeness (QED) is 0.653. The molecule has 1 rings (SSSR count). The Morgan fingerprint density at radius 3 is 2.62 bits per heavy atom. The van der Waals surface area contributed by atoms with Crippen LogP contribution in [0.15, 0.2) is 0 Å². The largest absolute Gasteiger partial charge is 0.396 e. The van der Waals surface area contributed by atoms with Gasteiger partial charge in [0, 0.05) is 19.7 Å². The van der Waals surface area contributed by atoms with E-state index in [-0.39, 0.29) is 0 Å². The van der Waals surface area contributed by atoms with Crippen molar-refractivity contribution >= 4 is 0 Å². The molecule has 0 radical (unpaired) electrons. The Bertz CT molecular complexity index is 134. The van der Waals surface area contributed by atoms with E-state index in [1.165, 1.54) is 32.4 Å². The Morgan fingerprint density at radius 1 is 1.46 bits per heavy atom. The van der Waals surface area contributed by atoms with E-state index in [9.17, 15) is 0 Å². The van der Waals surface area contributed by atoms with Crippen LogP contribution in [-0.4, -0.2) is 36.2 Å². The summed E-state index contributed by atoms with van der Waals surface area (Å²) in [5, 5.41) is 8.97. The summed E-state index contributed by atoms with van der Waals surface area (Å²) < 4.78 is 0. The summed E-state index contributed by atoms with van der Waals surface area (Å²) in [6.45, 7) is 8.20. The summed E-state index contributed by atoms with van der Waals surface area (Å²) in [7, 11) is 0. The summed E-state index contributed by atoms with van der Waals surface area (Å²) >= 11 is 0. The first-order chi connectivity index (χ1) is 6.26. The average molecular weight is 185 g/mol. The number of nitrogens with zero attached hydrogens (tertiary/aromatic N) is 1. The Balaban J connectivity index is 2.18. The van der Waals surface area contributed by atoms with Crippen LogP contribution in [0.25, 0.3) is 0 Å². The van der Waals surface area contributed by atoms with Gasteiger partial charge >= 0.3 is 0 Å². The molecule has 1 atom stereocenters. The Hall–Kier alpha value is -0.0800. The fraction of sp³-hybridized carbons (Fsp3) is 1.00. The van der Waals surface area contributed by atoms with E-state index in [1.54, 1.807) is 0 Å². The van der Waals surface area contributed by atoms with Crippen LogP contribution in [0.1, 0.15) is 33.1 Å². The zero-order chi connectivity index (χ0) is 9.68. The van der Waals surface area contributed by atoms with Crippen LogP contribution in [0.5, 0.6) is 0 Å². The third-order valence-corrected chi connectivity index (χ3v) is 2.63. The summed E-state index contributed by atoms with van der Waals surface area (Å²) in [6.07, 6.45) is 4.08. The molecule has 0 aromatic heterocycles. The van der Waals surface area contributed by atoms with Crippen molar-refractivity contribution in [2.45, 2.75) is 33.1 Å². The van der Waals surface area contributed by atoms with Crippen molar-refractivity contribution in [3.63, 3.8) is 0 Å². The molecule has 1 saturated carbocycles. The van der Waals surface area contributed by atoms with Crippen LogP contribution in [0.2, 0.25) is 0 Å². The van der Waals surface area contributed by atoms with Gasteiger partial charge in [-0.3, -0.25) is 0 Å². The number of aliphatic hydroxyl groups excluding tert-OH is 1. The monoisotopic (exact) mass is 185 g/mol. The van der Waals surface area contributed by atoms with Gasteiger partial charge < -0.3 is 10.0 Å². The normalized spacial score (nSPS) is 19.4. The molecule has 1 aliphatic rings. The highest BCUT2D eigenvalue weighted by molar-refractivity contribution is 4.77. The maximum absolute atomic E-state index is 8.97. The summed E-state index contributed by atoms with van der Waals surface area (Å²) in [4.78, 5) is 2.51. The fourth-order valence-corrected chi connectivity index (χ4v) is 1.74. The van der Waals surface area contributed by atoms with Crippen LogP contribution in [0, 0.1) is 11.8 Å². The first-order valence-corrected chi connectivity index (χ1v) is 5.59. The minimum absolute atomic E-state index is 0.324. The van der Waals surface area contributed by atoms with Gasteiger partial charge in [0.15, 0.2) is 0 Å². The zero-order valence-corrected chi connectivity index (χ0v) is 9.00. The molecular formula is C11H23NO. The van der Waals surface area contributed by atoms with Crippen LogP contribution in [0.4, 0.5) is 0 Å². The smallest absolute Gasteiger partial charge is 0.0468 e. The zero-order valence-electron chi connectivity index (χ0n) is 9.00. The van der Waals surface area contributed by atoms with Crippen LogP contribution in [-0.2, 0) is 0 Å². The van der Waals surface area contributed by atoms with Crippen molar-refractivity contribution < 1.29 is 5.11 Å². The Labute approximate surface area is 81.9 Å². The van der Waals surface area contributed by atoms with Crippen molar-refractivity contribution in [2.75, 3.05) is 26.2 Å². The number of hydrogen-bond donors (Lipinski definition) is 1.